The number of aryl methyl sites for hydroxylation is 1. The number of nitrogens with two attached hydrogens (primary N) is 1. The largest absolute Gasteiger partial charge is 0.330 e. The number of nitrogens with zero attached hydrogens (tertiary/aromatic N) is 3. The summed E-state index contributed by atoms with van der Waals surface area (Å²) >= 11 is 0. The van der Waals surface area contributed by atoms with Gasteiger partial charge < -0.3 is 5.73 Å². The monoisotopic (exact) mass is 248 g/mol. The van der Waals surface area contributed by atoms with Crippen molar-refractivity contribution in [2.75, 3.05) is 13.1 Å². The Morgan fingerprint density at radius 1 is 1.39 bits per heavy atom. The molecular formula is C14H24N4. The Morgan fingerprint density at radius 3 is 2.89 bits per heavy atom. The van der Waals surface area contributed by atoms with E-state index in [0.29, 0.717) is 12.0 Å². The normalized spacial score (nSPS) is 29.7. The molecule has 1 saturated carbocycles. The van der Waals surface area contributed by atoms with Crippen molar-refractivity contribution in [3.05, 3.63) is 18.0 Å². The molecule has 0 amide bonds. The molecule has 1 aromatic heterocycles. The zero-order valence-electron chi connectivity index (χ0n) is 11.3. The molecule has 18 heavy (non-hydrogen) atoms. The van der Waals surface area contributed by atoms with Gasteiger partial charge in [-0.1, -0.05) is 0 Å². The first kappa shape index (κ1) is 12.2. The summed E-state index contributed by atoms with van der Waals surface area (Å²) in [6.07, 6.45) is 7.24. The van der Waals surface area contributed by atoms with Gasteiger partial charge in [0.25, 0.3) is 0 Å². The molecule has 1 aliphatic carbocycles. The molecule has 1 saturated heterocycles. The molecular weight excluding hydrogens is 224 g/mol. The van der Waals surface area contributed by atoms with Crippen LogP contribution in [0.25, 0.3) is 0 Å². The molecule has 2 atom stereocenters. The van der Waals surface area contributed by atoms with Crippen LogP contribution in [0.15, 0.2) is 12.3 Å². The van der Waals surface area contributed by atoms with E-state index < -0.39 is 0 Å². The van der Waals surface area contributed by atoms with Crippen LogP contribution >= 0.6 is 0 Å². The minimum atomic E-state index is 0.499. The van der Waals surface area contributed by atoms with Crippen LogP contribution in [0.5, 0.6) is 0 Å². The molecule has 2 N–H and O–H groups in total. The van der Waals surface area contributed by atoms with Crippen molar-refractivity contribution in [2.45, 2.75) is 51.2 Å². The van der Waals surface area contributed by atoms with Crippen LogP contribution in [0.1, 0.15) is 44.3 Å². The second-order valence-corrected chi connectivity index (χ2v) is 5.62. The van der Waals surface area contributed by atoms with Crippen molar-refractivity contribution < 1.29 is 0 Å². The fourth-order valence-electron chi connectivity index (χ4n) is 3.44. The zero-order chi connectivity index (χ0) is 12.5. The van der Waals surface area contributed by atoms with Gasteiger partial charge in [-0.3, -0.25) is 9.58 Å². The van der Waals surface area contributed by atoms with Crippen LogP contribution in [-0.2, 0) is 6.54 Å². The van der Waals surface area contributed by atoms with E-state index in [1.807, 2.05) is 6.20 Å². The highest BCUT2D eigenvalue weighted by molar-refractivity contribution is 5.12. The van der Waals surface area contributed by atoms with E-state index in [-0.39, 0.29) is 0 Å². The quantitative estimate of drug-likeness (QED) is 0.883. The summed E-state index contributed by atoms with van der Waals surface area (Å²) < 4.78 is 2.15. The molecule has 3 rings (SSSR count). The standard InChI is InChI=1S/C14H24N4/c1-2-18-13(7-8-16-18)14-11(10-15)4-3-9-17(14)12-5-6-12/h7-8,11-12,14H,2-6,9-10,15H2,1H3. The van der Waals surface area contributed by atoms with Gasteiger partial charge in [0.05, 0.1) is 11.7 Å². The van der Waals surface area contributed by atoms with E-state index >= 15 is 0 Å². The van der Waals surface area contributed by atoms with Crippen molar-refractivity contribution in [1.82, 2.24) is 14.7 Å². The molecule has 1 aromatic rings. The van der Waals surface area contributed by atoms with E-state index in [2.05, 4.69) is 27.7 Å². The lowest BCUT2D eigenvalue weighted by Crippen LogP contribution is -2.43. The predicted octanol–water partition coefficient (Wildman–Crippen LogP) is 1.78. The van der Waals surface area contributed by atoms with Crippen LogP contribution in [0, 0.1) is 5.92 Å². The summed E-state index contributed by atoms with van der Waals surface area (Å²) in [5.41, 5.74) is 7.39. The summed E-state index contributed by atoms with van der Waals surface area (Å²) in [6, 6.07) is 3.50. The number of piperidine rings is 1. The second kappa shape index (κ2) is 5.02. The number of rotatable bonds is 4. The molecule has 2 unspecified atom stereocenters. The van der Waals surface area contributed by atoms with Crippen LogP contribution < -0.4 is 5.73 Å². The van der Waals surface area contributed by atoms with Crippen molar-refractivity contribution in [3.8, 4) is 0 Å². The van der Waals surface area contributed by atoms with Crippen LogP contribution in [0.3, 0.4) is 0 Å². The average Bonchev–Trinajstić information content (AvgIpc) is 3.15. The molecule has 1 aliphatic heterocycles. The minimum absolute atomic E-state index is 0.499. The molecule has 0 radical (unpaired) electrons. The third kappa shape index (κ3) is 2.08. The molecule has 2 heterocycles. The fourth-order valence-corrected chi connectivity index (χ4v) is 3.44. The molecule has 4 heteroatoms. The van der Waals surface area contributed by atoms with E-state index in [1.165, 1.54) is 37.9 Å². The summed E-state index contributed by atoms with van der Waals surface area (Å²) in [5, 5.41) is 4.44. The molecule has 2 fully saturated rings. The maximum absolute atomic E-state index is 6.02. The molecule has 0 spiro atoms. The molecule has 0 aromatic carbocycles. The minimum Gasteiger partial charge on any atom is -0.330 e. The third-order valence-electron chi connectivity index (χ3n) is 4.47. The Balaban J connectivity index is 1.91. The Labute approximate surface area is 109 Å². The van der Waals surface area contributed by atoms with Gasteiger partial charge in [0.1, 0.15) is 0 Å². The van der Waals surface area contributed by atoms with Gasteiger partial charge >= 0.3 is 0 Å². The number of likely N-dealkylation sites (tertiary alicyclic amines) is 1. The first-order valence-electron chi connectivity index (χ1n) is 7.32. The SMILES string of the molecule is CCn1nccc1C1C(CN)CCCN1C1CC1. The number of hydrogen-bond acceptors (Lipinski definition) is 3. The molecule has 0 bridgehead atoms. The van der Waals surface area contributed by atoms with Gasteiger partial charge in [-0.25, -0.2) is 0 Å². The smallest absolute Gasteiger partial charge is 0.0560 e. The maximum atomic E-state index is 6.02. The van der Waals surface area contributed by atoms with Gasteiger partial charge in [-0.15, -0.1) is 0 Å². The van der Waals surface area contributed by atoms with Crippen molar-refractivity contribution in [3.63, 3.8) is 0 Å². The first-order valence-corrected chi connectivity index (χ1v) is 7.32. The van der Waals surface area contributed by atoms with Crippen LogP contribution in [-0.4, -0.2) is 33.8 Å². The number of aromatic nitrogens is 2. The maximum Gasteiger partial charge on any atom is 0.0560 e. The fraction of sp³-hybridized carbons (Fsp3) is 0.786. The highest BCUT2D eigenvalue weighted by Crippen LogP contribution is 2.42. The molecule has 2 aliphatic rings. The highest BCUT2D eigenvalue weighted by Gasteiger charge is 2.41. The lowest BCUT2D eigenvalue weighted by molar-refractivity contribution is 0.0815. The third-order valence-corrected chi connectivity index (χ3v) is 4.47. The Morgan fingerprint density at radius 2 is 2.22 bits per heavy atom. The molecule has 100 valence electrons. The van der Waals surface area contributed by atoms with Crippen molar-refractivity contribution in [1.29, 1.82) is 0 Å². The van der Waals surface area contributed by atoms with E-state index in [0.717, 1.165) is 19.1 Å². The number of hydrogen-bond donors (Lipinski definition) is 1. The van der Waals surface area contributed by atoms with E-state index in [1.54, 1.807) is 0 Å². The average molecular weight is 248 g/mol. The highest BCUT2D eigenvalue weighted by atomic mass is 15.3. The first-order chi connectivity index (χ1) is 8.85. The Kier molecular flexibility index (Phi) is 3.39. The summed E-state index contributed by atoms with van der Waals surface area (Å²) in [4.78, 5) is 2.70. The summed E-state index contributed by atoms with van der Waals surface area (Å²) in [5.74, 6) is 0.598. The lowest BCUT2D eigenvalue weighted by Gasteiger charge is -2.41. The second-order valence-electron chi connectivity index (χ2n) is 5.62. The van der Waals surface area contributed by atoms with Crippen LogP contribution in [0.2, 0.25) is 0 Å². The topological polar surface area (TPSA) is 47.1 Å². The van der Waals surface area contributed by atoms with Gasteiger partial charge in [0.2, 0.25) is 0 Å². The van der Waals surface area contributed by atoms with Crippen LogP contribution in [0.4, 0.5) is 0 Å². The van der Waals surface area contributed by atoms with E-state index in [9.17, 15) is 0 Å². The van der Waals surface area contributed by atoms with Gasteiger partial charge in [-0.2, -0.15) is 5.10 Å². The molecule has 4 nitrogen and oxygen atoms in total. The summed E-state index contributed by atoms with van der Waals surface area (Å²) in [6.45, 7) is 5.15. The van der Waals surface area contributed by atoms with Gasteiger partial charge in [-0.05, 0) is 57.7 Å². The predicted molar refractivity (Wildman–Crippen MR) is 72.1 cm³/mol. The van der Waals surface area contributed by atoms with Gasteiger partial charge in [0, 0.05) is 18.8 Å². The lowest BCUT2D eigenvalue weighted by atomic mass is 9.87. The van der Waals surface area contributed by atoms with Crippen molar-refractivity contribution in [2.24, 2.45) is 11.7 Å². The summed E-state index contributed by atoms with van der Waals surface area (Å²) in [7, 11) is 0. The zero-order valence-corrected chi connectivity index (χ0v) is 11.3. The Bertz CT molecular complexity index is 396. The Hall–Kier alpha value is -0.870. The van der Waals surface area contributed by atoms with Gasteiger partial charge in [0.15, 0.2) is 0 Å². The van der Waals surface area contributed by atoms with E-state index in [4.69, 9.17) is 5.73 Å². The van der Waals surface area contributed by atoms with Crippen molar-refractivity contribution >= 4 is 0 Å².